The monoisotopic (exact) mass is 299 g/mol. The fourth-order valence-electron chi connectivity index (χ4n) is 1.67. The zero-order chi connectivity index (χ0) is 15.1. The minimum absolute atomic E-state index is 0.124. The molecule has 2 amide bonds. The molecule has 6 heteroatoms. The highest BCUT2D eigenvalue weighted by Crippen LogP contribution is 2.19. The fraction of sp³-hybridized carbons (Fsp3) is 0.714. The predicted molar refractivity (Wildman–Crippen MR) is 81.9 cm³/mol. The molecule has 1 aromatic heterocycles. The smallest absolute Gasteiger partial charge is 0.315 e. The number of aliphatic hydroxyl groups excluding tert-OH is 1. The summed E-state index contributed by atoms with van der Waals surface area (Å²) < 4.78 is 0. The summed E-state index contributed by atoms with van der Waals surface area (Å²) in [6.07, 6.45) is 3.19. The molecule has 3 N–H and O–H groups in total. The zero-order valence-electron chi connectivity index (χ0n) is 12.6. The molecule has 114 valence electrons. The van der Waals surface area contributed by atoms with Crippen LogP contribution in [0.5, 0.6) is 0 Å². The molecule has 20 heavy (non-hydrogen) atoms. The molecule has 0 aromatic carbocycles. The molecule has 0 spiro atoms. The number of carbonyl (C=O) groups excluding carboxylic acids is 1. The third-order valence-electron chi connectivity index (χ3n) is 3.41. The van der Waals surface area contributed by atoms with Gasteiger partial charge in [0, 0.05) is 17.6 Å². The van der Waals surface area contributed by atoms with Crippen molar-refractivity contribution in [3.8, 4) is 0 Å². The van der Waals surface area contributed by atoms with E-state index in [1.54, 1.807) is 11.3 Å². The van der Waals surface area contributed by atoms with Gasteiger partial charge in [0.1, 0.15) is 5.01 Å². The number of aromatic nitrogens is 1. The van der Waals surface area contributed by atoms with Crippen LogP contribution < -0.4 is 10.6 Å². The Morgan fingerprint density at radius 2 is 2.15 bits per heavy atom. The molecule has 0 saturated heterocycles. The lowest BCUT2D eigenvalue weighted by Crippen LogP contribution is -2.42. The van der Waals surface area contributed by atoms with Crippen molar-refractivity contribution in [1.82, 2.24) is 15.6 Å². The maximum atomic E-state index is 11.8. The van der Waals surface area contributed by atoms with Gasteiger partial charge in [-0.3, -0.25) is 0 Å². The predicted octanol–water partition coefficient (Wildman–Crippen LogP) is 2.47. The molecule has 0 saturated carbocycles. The van der Waals surface area contributed by atoms with E-state index in [1.807, 2.05) is 27.0 Å². The van der Waals surface area contributed by atoms with Crippen molar-refractivity contribution in [3.63, 3.8) is 0 Å². The molecule has 0 radical (unpaired) electrons. The molecule has 0 bridgehead atoms. The van der Waals surface area contributed by atoms with E-state index in [4.69, 9.17) is 0 Å². The first-order valence-electron chi connectivity index (χ1n) is 7.14. The maximum absolute atomic E-state index is 11.8. The third kappa shape index (κ3) is 5.09. The van der Waals surface area contributed by atoms with Crippen LogP contribution in [-0.4, -0.2) is 28.8 Å². The van der Waals surface area contributed by atoms with Gasteiger partial charge in [-0.25, -0.2) is 9.78 Å². The first kappa shape index (κ1) is 16.9. The molecule has 0 aliphatic heterocycles. The molecule has 0 aliphatic rings. The van der Waals surface area contributed by atoms with Gasteiger partial charge in [0.05, 0.1) is 12.1 Å². The van der Waals surface area contributed by atoms with E-state index in [-0.39, 0.29) is 24.5 Å². The van der Waals surface area contributed by atoms with E-state index in [0.717, 1.165) is 17.8 Å². The van der Waals surface area contributed by atoms with Crippen LogP contribution in [0, 0.1) is 5.92 Å². The fourth-order valence-corrected chi connectivity index (χ4v) is 2.53. The minimum atomic E-state index is -0.507. The van der Waals surface area contributed by atoms with Gasteiger partial charge in [-0.2, -0.15) is 0 Å². The Bertz CT molecular complexity index is 422. The van der Waals surface area contributed by atoms with Crippen LogP contribution in [0.1, 0.15) is 50.0 Å². The lowest BCUT2D eigenvalue weighted by Gasteiger charge is -2.18. The third-order valence-corrected chi connectivity index (χ3v) is 4.73. The van der Waals surface area contributed by atoms with Crippen LogP contribution in [0.2, 0.25) is 0 Å². The molecule has 5 nitrogen and oxygen atoms in total. The van der Waals surface area contributed by atoms with Gasteiger partial charge in [0.2, 0.25) is 0 Å². The van der Waals surface area contributed by atoms with Gasteiger partial charge in [0.25, 0.3) is 0 Å². The Balaban J connectivity index is 2.38. The minimum Gasteiger partial charge on any atom is -0.391 e. The van der Waals surface area contributed by atoms with E-state index in [2.05, 4.69) is 22.5 Å². The summed E-state index contributed by atoms with van der Waals surface area (Å²) in [6.45, 7) is 8.24. The molecular weight excluding hydrogens is 274 g/mol. The lowest BCUT2D eigenvalue weighted by atomic mass is 10.0. The second-order valence-electron chi connectivity index (χ2n) is 5.05. The summed E-state index contributed by atoms with van der Waals surface area (Å²) >= 11 is 1.61. The highest BCUT2D eigenvalue weighted by Gasteiger charge is 2.16. The SMILES string of the molecule is CCc1cnc(C(C)NC(=O)NCC(O)C(C)CC)s1. The standard InChI is InChI=1S/C14H25N3O2S/c1-5-9(3)12(18)8-16-14(19)17-10(4)13-15-7-11(6-2)20-13/h7,9-10,12,18H,5-6,8H2,1-4H3,(H2,16,17,19). The second-order valence-corrected chi connectivity index (χ2v) is 6.19. The number of hydrogen-bond acceptors (Lipinski definition) is 4. The molecule has 1 heterocycles. The number of nitrogens with one attached hydrogen (secondary N) is 2. The Morgan fingerprint density at radius 1 is 1.45 bits per heavy atom. The van der Waals surface area contributed by atoms with Gasteiger partial charge in [-0.15, -0.1) is 11.3 Å². The average Bonchev–Trinajstić information content (AvgIpc) is 2.92. The first-order chi connectivity index (χ1) is 9.47. The van der Waals surface area contributed by atoms with E-state index in [9.17, 15) is 9.90 Å². The molecule has 0 aliphatic carbocycles. The highest BCUT2D eigenvalue weighted by molar-refractivity contribution is 7.11. The number of thiazole rings is 1. The van der Waals surface area contributed by atoms with E-state index in [1.165, 1.54) is 4.88 Å². The summed E-state index contributed by atoms with van der Waals surface area (Å²) in [4.78, 5) is 17.3. The Labute approximate surface area is 124 Å². The quantitative estimate of drug-likeness (QED) is 0.724. The van der Waals surface area contributed by atoms with Crippen molar-refractivity contribution in [2.45, 2.75) is 52.7 Å². The summed E-state index contributed by atoms with van der Waals surface area (Å²) in [7, 11) is 0. The summed E-state index contributed by atoms with van der Waals surface area (Å²) in [5, 5.41) is 16.2. The average molecular weight is 299 g/mol. The first-order valence-corrected chi connectivity index (χ1v) is 7.96. The van der Waals surface area contributed by atoms with Gasteiger partial charge < -0.3 is 15.7 Å². The summed E-state index contributed by atoms with van der Waals surface area (Å²) in [5.74, 6) is 0.179. The van der Waals surface area contributed by atoms with Crippen molar-refractivity contribution in [2.24, 2.45) is 5.92 Å². The molecule has 0 fully saturated rings. The van der Waals surface area contributed by atoms with Gasteiger partial charge >= 0.3 is 6.03 Å². The Kier molecular flexibility index (Phi) is 6.95. The summed E-state index contributed by atoms with van der Waals surface area (Å²) in [6, 6.07) is -0.394. The molecular formula is C14H25N3O2S. The largest absolute Gasteiger partial charge is 0.391 e. The van der Waals surface area contributed by atoms with E-state index >= 15 is 0 Å². The number of amides is 2. The van der Waals surface area contributed by atoms with Crippen molar-refractivity contribution in [2.75, 3.05) is 6.54 Å². The second kappa shape index (κ2) is 8.21. The highest BCUT2D eigenvalue weighted by atomic mass is 32.1. The number of aryl methyl sites for hydroxylation is 1. The van der Waals surface area contributed by atoms with Crippen LogP contribution in [0.25, 0.3) is 0 Å². The van der Waals surface area contributed by atoms with Crippen LogP contribution in [-0.2, 0) is 6.42 Å². The topological polar surface area (TPSA) is 74.2 Å². The zero-order valence-corrected chi connectivity index (χ0v) is 13.5. The van der Waals surface area contributed by atoms with Gasteiger partial charge in [-0.1, -0.05) is 27.2 Å². The molecule has 3 unspecified atom stereocenters. The molecule has 1 aromatic rings. The van der Waals surface area contributed by atoms with Crippen LogP contribution in [0.4, 0.5) is 4.79 Å². The maximum Gasteiger partial charge on any atom is 0.315 e. The van der Waals surface area contributed by atoms with Crippen molar-refractivity contribution in [1.29, 1.82) is 0 Å². The van der Waals surface area contributed by atoms with E-state index < -0.39 is 6.10 Å². The Morgan fingerprint density at radius 3 is 2.70 bits per heavy atom. The summed E-state index contributed by atoms with van der Waals surface area (Å²) in [5.41, 5.74) is 0. The number of nitrogens with zero attached hydrogens (tertiary/aromatic N) is 1. The van der Waals surface area contributed by atoms with Gasteiger partial charge in [0.15, 0.2) is 0 Å². The van der Waals surface area contributed by atoms with Crippen LogP contribution in [0.15, 0.2) is 6.20 Å². The molecule has 1 rings (SSSR count). The number of rotatable bonds is 7. The van der Waals surface area contributed by atoms with Crippen molar-refractivity contribution < 1.29 is 9.90 Å². The number of carbonyl (C=O) groups is 1. The normalized spacial score (nSPS) is 15.4. The van der Waals surface area contributed by atoms with E-state index in [0.29, 0.717) is 0 Å². The number of aliphatic hydroxyl groups is 1. The number of hydrogen-bond donors (Lipinski definition) is 3. The van der Waals surface area contributed by atoms with Crippen molar-refractivity contribution in [3.05, 3.63) is 16.1 Å². The van der Waals surface area contributed by atoms with Gasteiger partial charge in [-0.05, 0) is 19.3 Å². The molecule has 3 atom stereocenters. The number of urea groups is 1. The van der Waals surface area contributed by atoms with Crippen LogP contribution in [0.3, 0.4) is 0 Å². The van der Waals surface area contributed by atoms with Crippen LogP contribution >= 0.6 is 11.3 Å². The lowest BCUT2D eigenvalue weighted by molar-refractivity contribution is 0.114. The Hall–Kier alpha value is -1.14. The van der Waals surface area contributed by atoms with Crippen molar-refractivity contribution >= 4 is 17.4 Å².